The summed E-state index contributed by atoms with van der Waals surface area (Å²) in [6, 6.07) is 12.3. The first-order valence-corrected chi connectivity index (χ1v) is 8.45. The molecule has 24 heavy (non-hydrogen) atoms. The van der Waals surface area contributed by atoms with Gasteiger partial charge in [-0.2, -0.15) is 0 Å². The van der Waals surface area contributed by atoms with Crippen LogP contribution in [0.15, 0.2) is 47.3 Å². The molecule has 1 aromatic carbocycles. The summed E-state index contributed by atoms with van der Waals surface area (Å²) in [6.45, 7) is 8.46. The predicted octanol–water partition coefficient (Wildman–Crippen LogP) is 4.79. The molecule has 4 rings (SSSR count). The zero-order chi connectivity index (χ0) is 17.3. The Morgan fingerprint density at radius 3 is 2.67 bits per heavy atom. The smallest absolute Gasteiger partial charge is 0.254 e. The van der Waals surface area contributed by atoms with Gasteiger partial charge >= 0.3 is 0 Å². The van der Waals surface area contributed by atoms with Gasteiger partial charge in [0.15, 0.2) is 0 Å². The number of allylic oxidation sites excluding steroid dienone is 1. The number of pyridine rings is 2. The largest absolute Gasteiger partial charge is 0.302 e. The third-order valence-corrected chi connectivity index (χ3v) is 4.30. The monoisotopic (exact) mass is 318 g/mol. The van der Waals surface area contributed by atoms with Crippen LogP contribution in [-0.4, -0.2) is 9.55 Å². The fourth-order valence-electron chi connectivity index (χ4n) is 3.15. The summed E-state index contributed by atoms with van der Waals surface area (Å²) >= 11 is 0. The van der Waals surface area contributed by atoms with Gasteiger partial charge in [0, 0.05) is 16.5 Å². The Morgan fingerprint density at radius 1 is 1.17 bits per heavy atom. The van der Waals surface area contributed by atoms with E-state index < -0.39 is 0 Å². The molecule has 3 aromatic rings. The van der Waals surface area contributed by atoms with Crippen molar-refractivity contribution in [2.75, 3.05) is 0 Å². The lowest BCUT2D eigenvalue weighted by atomic mass is 10.1. The van der Waals surface area contributed by atoms with Crippen LogP contribution in [0.1, 0.15) is 37.5 Å². The fourth-order valence-corrected chi connectivity index (χ4v) is 3.15. The van der Waals surface area contributed by atoms with Gasteiger partial charge in [0.05, 0.1) is 23.4 Å². The lowest BCUT2D eigenvalue weighted by Gasteiger charge is -2.07. The average Bonchev–Trinajstić information content (AvgIpc) is 2.97. The quantitative estimate of drug-likeness (QED) is 0.505. The van der Waals surface area contributed by atoms with E-state index in [1.165, 1.54) is 0 Å². The number of hydrogen-bond acceptors (Lipinski definition) is 2. The van der Waals surface area contributed by atoms with E-state index in [0.717, 1.165) is 39.0 Å². The minimum atomic E-state index is 0.0765. The summed E-state index contributed by atoms with van der Waals surface area (Å²) in [5, 5.41) is 1.12. The Morgan fingerprint density at radius 2 is 1.92 bits per heavy atom. The van der Waals surface area contributed by atoms with Crippen LogP contribution in [0.5, 0.6) is 0 Å². The molecule has 0 amide bonds. The number of fused-ring (bicyclic) bond motifs is 4. The SMILES string of the molecule is C/C=C/c1cc2n(c(=O)c1C)Cc1cc3ccccc3nc1-2.CC. The lowest BCUT2D eigenvalue weighted by molar-refractivity contribution is 0.795. The third kappa shape index (κ3) is 2.46. The first-order chi connectivity index (χ1) is 11.7. The Bertz CT molecular complexity index is 997. The van der Waals surface area contributed by atoms with Crippen LogP contribution in [0.2, 0.25) is 0 Å². The van der Waals surface area contributed by atoms with Gasteiger partial charge in [0.25, 0.3) is 5.56 Å². The maximum Gasteiger partial charge on any atom is 0.254 e. The zero-order valence-electron chi connectivity index (χ0n) is 14.6. The molecule has 0 atom stereocenters. The summed E-state index contributed by atoms with van der Waals surface area (Å²) in [5.41, 5.74) is 5.78. The molecule has 0 aliphatic carbocycles. The molecule has 1 aliphatic rings. The lowest BCUT2D eigenvalue weighted by Crippen LogP contribution is -2.22. The van der Waals surface area contributed by atoms with Crippen LogP contribution >= 0.6 is 0 Å². The van der Waals surface area contributed by atoms with Crippen LogP contribution < -0.4 is 5.56 Å². The minimum absolute atomic E-state index is 0.0765. The molecule has 3 heterocycles. The van der Waals surface area contributed by atoms with E-state index in [4.69, 9.17) is 4.98 Å². The average molecular weight is 318 g/mol. The van der Waals surface area contributed by atoms with E-state index in [-0.39, 0.29) is 5.56 Å². The molecule has 0 unspecified atom stereocenters. The molecule has 0 spiro atoms. The van der Waals surface area contributed by atoms with Gasteiger partial charge in [-0.3, -0.25) is 4.79 Å². The second-order valence-electron chi connectivity index (χ2n) is 5.69. The predicted molar refractivity (Wildman–Crippen MR) is 101 cm³/mol. The van der Waals surface area contributed by atoms with Crippen molar-refractivity contribution in [3.05, 3.63) is 69.5 Å². The van der Waals surface area contributed by atoms with Gasteiger partial charge < -0.3 is 4.57 Å². The first kappa shape index (κ1) is 16.2. The molecule has 0 saturated carbocycles. The van der Waals surface area contributed by atoms with Crippen molar-refractivity contribution < 1.29 is 0 Å². The van der Waals surface area contributed by atoms with Gasteiger partial charge in [-0.25, -0.2) is 4.98 Å². The highest BCUT2D eigenvalue weighted by Gasteiger charge is 2.23. The van der Waals surface area contributed by atoms with E-state index in [2.05, 4.69) is 18.2 Å². The molecule has 0 bridgehead atoms. The van der Waals surface area contributed by atoms with Crippen molar-refractivity contribution in [3.63, 3.8) is 0 Å². The molecule has 3 heteroatoms. The summed E-state index contributed by atoms with van der Waals surface area (Å²) in [4.78, 5) is 17.4. The molecule has 0 saturated heterocycles. The van der Waals surface area contributed by atoms with Gasteiger partial charge in [-0.05, 0) is 37.6 Å². The molecule has 3 nitrogen and oxygen atoms in total. The standard InChI is InChI=1S/C19H16N2O.C2H6/c1-3-6-13-10-17-18-15(11-21(17)19(22)12(13)2)9-14-7-4-5-8-16(14)20-18;1-2/h3-10H,11H2,1-2H3;1-2H3/b6-3+;. The van der Waals surface area contributed by atoms with Crippen molar-refractivity contribution in [1.82, 2.24) is 9.55 Å². The molecule has 122 valence electrons. The van der Waals surface area contributed by atoms with Crippen molar-refractivity contribution in [2.24, 2.45) is 0 Å². The summed E-state index contributed by atoms with van der Waals surface area (Å²) in [5.74, 6) is 0. The molecule has 0 fully saturated rings. The van der Waals surface area contributed by atoms with E-state index in [0.29, 0.717) is 6.54 Å². The second kappa shape index (κ2) is 6.44. The second-order valence-corrected chi connectivity index (χ2v) is 5.69. The van der Waals surface area contributed by atoms with E-state index in [1.807, 2.05) is 62.6 Å². The van der Waals surface area contributed by atoms with Crippen LogP contribution in [0.25, 0.3) is 28.4 Å². The molecular formula is C21H22N2O. The Labute approximate surface area is 142 Å². The van der Waals surface area contributed by atoms with Gasteiger partial charge in [0.2, 0.25) is 0 Å². The van der Waals surface area contributed by atoms with Crippen molar-refractivity contribution in [2.45, 2.75) is 34.2 Å². The maximum absolute atomic E-state index is 12.6. The van der Waals surface area contributed by atoms with Crippen molar-refractivity contribution >= 4 is 17.0 Å². The number of para-hydroxylation sites is 1. The Balaban J connectivity index is 0.000000815. The van der Waals surface area contributed by atoms with Crippen LogP contribution in [0.3, 0.4) is 0 Å². The molecular weight excluding hydrogens is 296 g/mol. The molecule has 0 N–H and O–H groups in total. The van der Waals surface area contributed by atoms with Crippen LogP contribution in [-0.2, 0) is 6.54 Å². The summed E-state index contributed by atoms with van der Waals surface area (Å²) < 4.78 is 1.83. The van der Waals surface area contributed by atoms with E-state index in [1.54, 1.807) is 0 Å². The maximum atomic E-state index is 12.6. The van der Waals surface area contributed by atoms with Crippen LogP contribution in [0.4, 0.5) is 0 Å². The van der Waals surface area contributed by atoms with Crippen molar-refractivity contribution in [3.8, 4) is 11.4 Å². The third-order valence-electron chi connectivity index (χ3n) is 4.30. The minimum Gasteiger partial charge on any atom is -0.302 e. The highest BCUT2D eigenvalue weighted by Crippen LogP contribution is 2.32. The number of nitrogens with zero attached hydrogens (tertiary/aromatic N) is 2. The number of aromatic nitrogens is 2. The van der Waals surface area contributed by atoms with Gasteiger partial charge in [0.1, 0.15) is 0 Å². The number of hydrogen-bond donors (Lipinski definition) is 0. The number of benzene rings is 1. The Hall–Kier alpha value is -2.68. The van der Waals surface area contributed by atoms with Gasteiger partial charge in [-0.1, -0.05) is 44.2 Å². The summed E-state index contributed by atoms with van der Waals surface area (Å²) in [7, 11) is 0. The molecule has 0 radical (unpaired) electrons. The normalized spacial score (nSPS) is 12.0. The molecule has 2 aromatic heterocycles. The number of rotatable bonds is 1. The fraction of sp³-hybridized carbons (Fsp3) is 0.238. The first-order valence-electron chi connectivity index (χ1n) is 8.45. The highest BCUT2D eigenvalue weighted by atomic mass is 16.1. The molecule has 1 aliphatic heterocycles. The van der Waals surface area contributed by atoms with E-state index >= 15 is 0 Å². The van der Waals surface area contributed by atoms with E-state index in [9.17, 15) is 4.79 Å². The zero-order valence-corrected chi connectivity index (χ0v) is 14.6. The van der Waals surface area contributed by atoms with Crippen molar-refractivity contribution in [1.29, 1.82) is 0 Å². The van der Waals surface area contributed by atoms with Crippen LogP contribution in [0, 0.1) is 6.92 Å². The topological polar surface area (TPSA) is 34.9 Å². The highest BCUT2D eigenvalue weighted by molar-refractivity contribution is 5.84. The summed E-state index contributed by atoms with van der Waals surface area (Å²) in [6.07, 6.45) is 3.94. The Kier molecular flexibility index (Phi) is 4.34. The van der Waals surface area contributed by atoms with Gasteiger partial charge in [-0.15, -0.1) is 0 Å².